The maximum atomic E-state index is 13.7. The first kappa shape index (κ1) is 20.7. The Hall–Kier alpha value is -0.530. The van der Waals surface area contributed by atoms with Gasteiger partial charge in [-0.25, -0.2) is 0 Å². The first-order valence-electron chi connectivity index (χ1n) is 12.5. The molecule has 0 radical (unpaired) electrons. The zero-order valence-corrected chi connectivity index (χ0v) is 19.5. The highest BCUT2D eigenvalue weighted by Gasteiger charge is 2.61. The molecule has 0 heterocycles. The molecule has 0 aliphatic heterocycles. The van der Waals surface area contributed by atoms with Gasteiger partial charge in [0.15, 0.2) is 0 Å². The van der Waals surface area contributed by atoms with Crippen LogP contribution in [-0.2, 0) is 4.79 Å². The van der Waals surface area contributed by atoms with Crippen LogP contribution >= 0.6 is 0 Å². The predicted molar refractivity (Wildman–Crippen MR) is 117 cm³/mol. The molecule has 0 saturated heterocycles. The van der Waals surface area contributed by atoms with E-state index < -0.39 is 0 Å². The number of hydrogen-bond donors (Lipinski definition) is 0. The summed E-state index contributed by atoms with van der Waals surface area (Å²) in [6.45, 7) is 13.9. The number of fused-ring (bicyclic) bond motifs is 5. The van der Waals surface area contributed by atoms with Gasteiger partial charge in [-0.05, 0) is 114 Å². The minimum Gasteiger partial charge on any atom is -0.338 e. The summed E-state index contributed by atoms with van der Waals surface area (Å²) >= 11 is 0. The normalized spacial score (nSPS) is 45.5. The monoisotopic (exact) mass is 387 g/mol. The van der Waals surface area contributed by atoms with E-state index in [0.717, 1.165) is 30.1 Å². The molecule has 0 unspecified atom stereocenters. The third kappa shape index (κ3) is 2.99. The quantitative estimate of drug-likeness (QED) is 0.529. The van der Waals surface area contributed by atoms with Crippen molar-refractivity contribution in [1.82, 2.24) is 4.90 Å². The molecule has 1 amide bonds. The molecule has 28 heavy (non-hydrogen) atoms. The molecule has 4 saturated carbocycles. The van der Waals surface area contributed by atoms with Crippen molar-refractivity contribution in [3.63, 3.8) is 0 Å². The van der Waals surface area contributed by atoms with E-state index in [1.54, 1.807) is 0 Å². The van der Waals surface area contributed by atoms with Gasteiger partial charge < -0.3 is 4.90 Å². The number of nitrogens with zero attached hydrogens (tertiary/aromatic N) is 1. The van der Waals surface area contributed by atoms with E-state index in [1.165, 1.54) is 57.8 Å². The fourth-order valence-corrected chi connectivity index (χ4v) is 8.99. The molecule has 0 bridgehead atoms. The summed E-state index contributed by atoms with van der Waals surface area (Å²) < 4.78 is 0. The first-order chi connectivity index (χ1) is 13.2. The summed E-state index contributed by atoms with van der Waals surface area (Å²) in [6, 6.07) is 0.617. The largest absolute Gasteiger partial charge is 0.338 e. The van der Waals surface area contributed by atoms with Crippen molar-refractivity contribution in [1.29, 1.82) is 0 Å². The minimum atomic E-state index is 0.248. The third-order valence-electron chi connectivity index (χ3n) is 10.2. The van der Waals surface area contributed by atoms with Gasteiger partial charge in [0.05, 0.1) is 0 Å². The summed E-state index contributed by atoms with van der Waals surface area (Å²) in [5.74, 6) is 4.34. The SMILES string of the molecule is CC(C)N(C(=O)[C@H]1CC[C@H]2[C@@H]3CC[C@H]4CCCC[C@]4(C)[C@H]3CC[C@]12C)C(C)C. The first-order valence-corrected chi connectivity index (χ1v) is 12.5. The fourth-order valence-electron chi connectivity index (χ4n) is 8.99. The molecule has 4 rings (SSSR count). The summed E-state index contributed by atoms with van der Waals surface area (Å²) in [7, 11) is 0. The average molecular weight is 388 g/mol. The van der Waals surface area contributed by atoms with E-state index >= 15 is 0 Å². The molecule has 0 aromatic carbocycles. The van der Waals surface area contributed by atoms with E-state index in [2.05, 4.69) is 46.4 Å². The van der Waals surface area contributed by atoms with Crippen molar-refractivity contribution < 1.29 is 4.79 Å². The number of hydrogen-bond acceptors (Lipinski definition) is 1. The Morgan fingerprint density at radius 2 is 1.46 bits per heavy atom. The summed E-state index contributed by atoms with van der Waals surface area (Å²) in [6.07, 6.45) is 13.9. The highest BCUT2D eigenvalue weighted by molar-refractivity contribution is 5.80. The van der Waals surface area contributed by atoms with Crippen LogP contribution < -0.4 is 0 Å². The predicted octanol–water partition coefficient (Wildman–Crippen LogP) is 6.68. The molecule has 7 atom stereocenters. The Morgan fingerprint density at radius 1 is 0.786 bits per heavy atom. The van der Waals surface area contributed by atoms with Gasteiger partial charge in [0.25, 0.3) is 0 Å². The highest BCUT2D eigenvalue weighted by Crippen LogP contribution is 2.67. The lowest BCUT2D eigenvalue weighted by molar-refractivity contribution is -0.149. The standard InChI is InChI=1S/C26H45NO/c1-17(2)27(18(3)4)24(28)23-13-12-21-20-11-10-19-9-7-8-15-25(19,5)22(20)14-16-26(21,23)6/h17-23H,7-16H2,1-6H3/t19-,20+,21+,22+,23-,25+,26+/m1/s1. The minimum absolute atomic E-state index is 0.248. The summed E-state index contributed by atoms with van der Waals surface area (Å²) in [5, 5.41) is 0. The van der Waals surface area contributed by atoms with E-state index in [1.807, 2.05) is 0 Å². The molecule has 4 aliphatic carbocycles. The molecular weight excluding hydrogens is 342 g/mol. The van der Waals surface area contributed by atoms with Crippen molar-refractivity contribution in [3.05, 3.63) is 0 Å². The molecule has 0 aromatic rings. The molecule has 2 nitrogen and oxygen atoms in total. The van der Waals surface area contributed by atoms with Crippen LogP contribution in [-0.4, -0.2) is 22.9 Å². The molecule has 4 fully saturated rings. The van der Waals surface area contributed by atoms with Gasteiger partial charge >= 0.3 is 0 Å². The van der Waals surface area contributed by atoms with Crippen molar-refractivity contribution in [2.24, 2.45) is 40.4 Å². The Labute approximate surface area is 174 Å². The molecule has 4 aliphatic rings. The zero-order chi connectivity index (χ0) is 20.3. The molecule has 0 spiro atoms. The number of amides is 1. The lowest BCUT2D eigenvalue weighted by Gasteiger charge is -2.60. The van der Waals surface area contributed by atoms with Crippen LogP contribution in [0.2, 0.25) is 0 Å². The second kappa shape index (κ2) is 7.31. The van der Waals surface area contributed by atoms with Crippen molar-refractivity contribution in [3.8, 4) is 0 Å². The maximum absolute atomic E-state index is 13.7. The zero-order valence-electron chi connectivity index (χ0n) is 19.5. The Morgan fingerprint density at radius 3 is 2.14 bits per heavy atom. The molecule has 0 N–H and O–H groups in total. The highest BCUT2D eigenvalue weighted by atomic mass is 16.2. The second-order valence-electron chi connectivity index (χ2n) is 12.0. The Balaban J connectivity index is 1.58. The Bertz CT molecular complexity index is 589. The lowest BCUT2D eigenvalue weighted by atomic mass is 9.45. The van der Waals surface area contributed by atoms with Crippen molar-refractivity contribution >= 4 is 5.91 Å². The number of carbonyl (C=O) groups excluding carboxylic acids is 1. The fraction of sp³-hybridized carbons (Fsp3) is 0.962. The smallest absolute Gasteiger partial charge is 0.226 e. The van der Waals surface area contributed by atoms with Crippen LogP contribution in [0.25, 0.3) is 0 Å². The Kier molecular flexibility index (Phi) is 5.41. The molecule has 2 heteroatoms. The average Bonchev–Trinajstić information content (AvgIpc) is 2.97. The van der Waals surface area contributed by atoms with Crippen LogP contribution in [0.3, 0.4) is 0 Å². The second-order valence-corrected chi connectivity index (χ2v) is 12.0. The van der Waals surface area contributed by atoms with Gasteiger partial charge in [-0.2, -0.15) is 0 Å². The molecular formula is C26H45NO. The van der Waals surface area contributed by atoms with Crippen LogP contribution in [0.5, 0.6) is 0 Å². The lowest BCUT2D eigenvalue weighted by Crippen LogP contribution is -2.54. The van der Waals surface area contributed by atoms with E-state index in [0.29, 0.717) is 23.4 Å². The summed E-state index contributed by atoms with van der Waals surface area (Å²) in [4.78, 5) is 15.8. The van der Waals surface area contributed by atoms with E-state index in [4.69, 9.17) is 0 Å². The molecule has 0 aromatic heterocycles. The van der Waals surface area contributed by atoms with Crippen LogP contribution in [0.15, 0.2) is 0 Å². The number of carbonyl (C=O) groups is 1. The maximum Gasteiger partial charge on any atom is 0.226 e. The topological polar surface area (TPSA) is 20.3 Å². The van der Waals surface area contributed by atoms with Gasteiger partial charge in [-0.15, -0.1) is 0 Å². The van der Waals surface area contributed by atoms with Crippen molar-refractivity contribution in [2.75, 3.05) is 0 Å². The van der Waals surface area contributed by atoms with Crippen LogP contribution in [0, 0.1) is 40.4 Å². The van der Waals surface area contributed by atoms with Crippen molar-refractivity contribution in [2.45, 2.75) is 118 Å². The van der Waals surface area contributed by atoms with Gasteiger partial charge in [0.1, 0.15) is 0 Å². The van der Waals surface area contributed by atoms with Crippen LogP contribution in [0.1, 0.15) is 106 Å². The van der Waals surface area contributed by atoms with Gasteiger partial charge in [-0.3, -0.25) is 4.79 Å². The van der Waals surface area contributed by atoms with E-state index in [-0.39, 0.29) is 11.3 Å². The van der Waals surface area contributed by atoms with E-state index in [9.17, 15) is 4.79 Å². The van der Waals surface area contributed by atoms with Gasteiger partial charge in [0, 0.05) is 18.0 Å². The number of rotatable bonds is 3. The van der Waals surface area contributed by atoms with Gasteiger partial charge in [0.2, 0.25) is 5.91 Å². The van der Waals surface area contributed by atoms with Gasteiger partial charge in [-0.1, -0.05) is 26.7 Å². The summed E-state index contributed by atoms with van der Waals surface area (Å²) in [5.41, 5.74) is 0.852. The molecule has 160 valence electrons. The third-order valence-corrected chi connectivity index (χ3v) is 10.2. The van der Waals surface area contributed by atoms with Crippen LogP contribution in [0.4, 0.5) is 0 Å².